The zero-order valence-electron chi connectivity index (χ0n) is 11.9. The molecule has 3 aromatic carbocycles. The van der Waals surface area contributed by atoms with Gasteiger partial charge >= 0.3 is 5.97 Å². The van der Waals surface area contributed by atoms with Gasteiger partial charge in [0.15, 0.2) is 0 Å². The van der Waals surface area contributed by atoms with Crippen LogP contribution in [0.1, 0.15) is 15.9 Å². The molecule has 0 aliphatic heterocycles. The fraction of sp³-hybridized carbons (Fsp3) is 0. The molecule has 0 bridgehead atoms. The summed E-state index contributed by atoms with van der Waals surface area (Å²) in [7, 11) is 0. The lowest BCUT2D eigenvalue weighted by atomic mass is 9.87. The van der Waals surface area contributed by atoms with Crippen molar-refractivity contribution in [3.63, 3.8) is 0 Å². The molecule has 4 heteroatoms. The highest BCUT2D eigenvalue weighted by Gasteiger charge is 2.31. The van der Waals surface area contributed by atoms with Gasteiger partial charge in [-0.05, 0) is 57.4 Å². The number of hydrogen-bond acceptors (Lipinski definition) is 3. The second-order valence-corrected chi connectivity index (χ2v) is 5.51. The van der Waals surface area contributed by atoms with E-state index in [9.17, 15) is 14.4 Å². The number of hydrogen-bond donors (Lipinski definition) is 1. The van der Waals surface area contributed by atoms with E-state index in [-0.39, 0.29) is 5.56 Å². The normalized spacial score (nSPS) is 14.0. The summed E-state index contributed by atoms with van der Waals surface area (Å²) in [6, 6.07) is 15.2. The quantitative estimate of drug-likeness (QED) is 0.425. The van der Waals surface area contributed by atoms with E-state index in [1.54, 1.807) is 12.1 Å². The maximum atomic E-state index is 12.2. The number of fused-ring (bicyclic) bond motifs is 3. The summed E-state index contributed by atoms with van der Waals surface area (Å²) in [5.41, 5.74) is 0.236. The van der Waals surface area contributed by atoms with Gasteiger partial charge in [0.05, 0.1) is 0 Å². The van der Waals surface area contributed by atoms with Crippen LogP contribution in [-0.2, 0) is 9.59 Å². The fourth-order valence-electron chi connectivity index (χ4n) is 2.95. The molecule has 23 heavy (non-hydrogen) atoms. The molecule has 0 unspecified atom stereocenters. The molecule has 0 spiro atoms. The van der Waals surface area contributed by atoms with Crippen LogP contribution in [0.5, 0.6) is 0 Å². The number of benzene rings is 3. The molecule has 110 valence electrons. The van der Waals surface area contributed by atoms with E-state index in [1.807, 2.05) is 36.4 Å². The van der Waals surface area contributed by atoms with E-state index in [1.165, 1.54) is 6.08 Å². The molecular weight excluding hydrogens is 292 g/mol. The number of ketones is 2. The SMILES string of the molecule is O=C(O)C1=Cc2cc3cc4ccccc4cc3cc2C(=O)C1=O. The number of carbonyl (C=O) groups is 3. The second kappa shape index (κ2) is 4.61. The van der Waals surface area contributed by atoms with Crippen molar-refractivity contribution in [2.45, 2.75) is 0 Å². The predicted octanol–water partition coefficient (Wildman–Crippen LogP) is 3.23. The average Bonchev–Trinajstić information content (AvgIpc) is 2.54. The Bertz CT molecular complexity index is 1070. The highest BCUT2D eigenvalue weighted by Crippen LogP contribution is 2.30. The smallest absolute Gasteiger partial charge is 0.339 e. The monoisotopic (exact) mass is 302 g/mol. The largest absolute Gasteiger partial charge is 0.478 e. The summed E-state index contributed by atoms with van der Waals surface area (Å²) in [5, 5.41) is 12.9. The zero-order chi connectivity index (χ0) is 16.1. The fourth-order valence-corrected chi connectivity index (χ4v) is 2.95. The zero-order valence-corrected chi connectivity index (χ0v) is 11.9. The summed E-state index contributed by atoms with van der Waals surface area (Å²) < 4.78 is 0. The Balaban J connectivity index is 2.05. The van der Waals surface area contributed by atoms with Crippen molar-refractivity contribution in [2.75, 3.05) is 0 Å². The van der Waals surface area contributed by atoms with Crippen LogP contribution in [0.25, 0.3) is 27.6 Å². The van der Waals surface area contributed by atoms with Crippen molar-refractivity contribution in [1.82, 2.24) is 0 Å². The molecular formula is C19H10O4. The Morgan fingerprint density at radius 2 is 1.39 bits per heavy atom. The summed E-state index contributed by atoms with van der Waals surface area (Å²) in [4.78, 5) is 35.2. The summed E-state index contributed by atoms with van der Waals surface area (Å²) in [5.74, 6) is -3.12. The van der Waals surface area contributed by atoms with Gasteiger partial charge in [0.1, 0.15) is 5.57 Å². The van der Waals surface area contributed by atoms with Crippen molar-refractivity contribution in [1.29, 1.82) is 0 Å². The third-order valence-electron chi connectivity index (χ3n) is 4.10. The number of carboxylic acid groups (broad SMARTS) is 1. The van der Waals surface area contributed by atoms with E-state index in [2.05, 4.69) is 0 Å². The van der Waals surface area contributed by atoms with Crippen molar-refractivity contribution in [3.8, 4) is 0 Å². The number of rotatable bonds is 1. The molecule has 0 saturated carbocycles. The third kappa shape index (κ3) is 1.96. The van der Waals surface area contributed by atoms with Crippen LogP contribution in [0.15, 0.2) is 54.1 Å². The molecule has 0 heterocycles. The molecule has 1 aliphatic rings. The Hall–Kier alpha value is -3.27. The molecule has 4 rings (SSSR count). The van der Waals surface area contributed by atoms with Crippen LogP contribution in [0.3, 0.4) is 0 Å². The summed E-state index contributed by atoms with van der Waals surface area (Å²) in [6.07, 6.45) is 1.27. The molecule has 0 atom stereocenters. The van der Waals surface area contributed by atoms with Gasteiger partial charge in [0, 0.05) is 5.56 Å². The molecule has 0 aromatic heterocycles. The van der Waals surface area contributed by atoms with Crippen LogP contribution >= 0.6 is 0 Å². The van der Waals surface area contributed by atoms with Crippen LogP contribution in [-0.4, -0.2) is 22.6 Å². The van der Waals surface area contributed by atoms with Crippen LogP contribution in [0, 0.1) is 0 Å². The maximum absolute atomic E-state index is 12.2. The van der Waals surface area contributed by atoms with E-state index < -0.39 is 23.1 Å². The average molecular weight is 302 g/mol. The molecule has 3 aromatic rings. The van der Waals surface area contributed by atoms with E-state index in [4.69, 9.17) is 5.11 Å². The van der Waals surface area contributed by atoms with Gasteiger partial charge in [-0.2, -0.15) is 0 Å². The molecule has 0 saturated heterocycles. The van der Waals surface area contributed by atoms with Gasteiger partial charge in [-0.1, -0.05) is 24.3 Å². The number of carbonyl (C=O) groups excluding carboxylic acids is 2. The van der Waals surface area contributed by atoms with Crippen LogP contribution < -0.4 is 0 Å². The lowest BCUT2D eigenvalue weighted by Gasteiger charge is -2.13. The van der Waals surface area contributed by atoms with E-state index >= 15 is 0 Å². The first kappa shape index (κ1) is 13.4. The van der Waals surface area contributed by atoms with Crippen molar-refractivity contribution in [3.05, 3.63) is 65.2 Å². The van der Waals surface area contributed by atoms with Gasteiger partial charge in [0.25, 0.3) is 0 Å². The molecule has 0 radical (unpaired) electrons. The van der Waals surface area contributed by atoms with Gasteiger partial charge in [-0.15, -0.1) is 0 Å². The number of aliphatic carboxylic acids is 1. The Morgan fingerprint density at radius 3 is 2.00 bits per heavy atom. The Kier molecular flexibility index (Phi) is 2.69. The van der Waals surface area contributed by atoms with Gasteiger partial charge < -0.3 is 5.11 Å². The molecule has 0 amide bonds. The first-order valence-electron chi connectivity index (χ1n) is 7.05. The summed E-state index contributed by atoms with van der Waals surface area (Å²) >= 11 is 0. The third-order valence-corrected chi connectivity index (χ3v) is 4.10. The highest BCUT2D eigenvalue weighted by atomic mass is 16.4. The maximum Gasteiger partial charge on any atom is 0.339 e. The number of Topliss-reactive ketones (excluding diaryl/α,β-unsaturated/α-hetero) is 2. The molecule has 1 aliphatic carbocycles. The molecule has 1 N–H and O–H groups in total. The minimum Gasteiger partial charge on any atom is -0.478 e. The molecule has 0 fully saturated rings. The topological polar surface area (TPSA) is 71.4 Å². The lowest BCUT2D eigenvalue weighted by Crippen LogP contribution is -2.25. The highest BCUT2D eigenvalue weighted by molar-refractivity contribution is 6.56. The first-order chi connectivity index (χ1) is 11.0. The van der Waals surface area contributed by atoms with E-state index in [0.29, 0.717) is 5.56 Å². The van der Waals surface area contributed by atoms with Crippen molar-refractivity contribution >= 4 is 45.2 Å². The van der Waals surface area contributed by atoms with Gasteiger partial charge in [0.2, 0.25) is 11.6 Å². The predicted molar refractivity (Wildman–Crippen MR) is 86.4 cm³/mol. The van der Waals surface area contributed by atoms with Crippen molar-refractivity contribution in [2.24, 2.45) is 0 Å². The standard InChI is InChI=1S/C19H10O4/c20-17-15-8-13-6-11-4-2-1-3-10(11)5-12(13)7-14(15)9-16(18(17)21)19(22)23/h1-9H,(H,22,23). The Morgan fingerprint density at radius 1 is 0.783 bits per heavy atom. The number of carboxylic acids is 1. The lowest BCUT2D eigenvalue weighted by molar-refractivity contribution is -0.134. The minimum atomic E-state index is -1.38. The van der Waals surface area contributed by atoms with Crippen LogP contribution in [0.2, 0.25) is 0 Å². The van der Waals surface area contributed by atoms with Crippen molar-refractivity contribution < 1.29 is 19.5 Å². The molecule has 4 nitrogen and oxygen atoms in total. The van der Waals surface area contributed by atoms with Gasteiger partial charge in [-0.3, -0.25) is 9.59 Å². The van der Waals surface area contributed by atoms with Gasteiger partial charge in [-0.25, -0.2) is 4.79 Å². The van der Waals surface area contributed by atoms with Crippen LogP contribution in [0.4, 0.5) is 0 Å². The first-order valence-corrected chi connectivity index (χ1v) is 7.05. The minimum absolute atomic E-state index is 0.253. The summed E-state index contributed by atoms with van der Waals surface area (Å²) in [6.45, 7) is 0. The Labute approximate surface area is 130 Å². The van der Waals surface area contributed by atoms with E-state index in [0.717, 1.165) is 21.5 Å². The second-order valence-electron chi connectivity index (χ2n) is 5.51.